The zero-order valence-corrected chi connectivity index (χ0v) is 18.4. The first kappa shape index (κ1) is 21.4. The van der Waals surface area contributed by atoms with E-state index < -0.39 is 16.7 Å². The Labute approximate surface area is 183 Å². The maximum absolute atomic E-state index is 12.9. The Kier molecular flexibility index (Phi) is 5.75. The minimum atomic E-state index is -0.644. The van der Waals surface area contributed by atoms with E-state index in [1.165, 1.54) is 4.57 Å². The molecule has 164 valence electrons. The Morgan fingerprint density at radius 3 is 2.52 bits per heavy atom. The second kappa shape index (κ2) is 8.34. The van der Waals surface area contributed by atoms with E-state index >= 15 is 0 Å². The Hall–Kier alpha value is -2.87. The van der Waals surface area contributed by atoms with E-state index in [1.54, 1.807) is 16.7 Å². The number of imidazole rings is 1. The van der Waals surface area contributed by atoms with Crippen LogP contribution in [-0.4, -0.2) is 25.1 Å². The lowest BCUT2D eigenvalue weighted by molar-refractivity contribution is -0.148. The van der Waals surface area contributed by atoms with E-state index in [0.29, 0.717) is 47.9 Å². The first-order chi connectivity index (χ1) is 14.9. The number of ether oxygens (including phenoxy) is 1. The number of hydrogen-bond acceptors (Lipinski definition) is 5. The highest BCUT2D eigenvalue weighted by Crippen LogP contribution is 2.49. The predicted octanol–water partition coefficient (Wildman–Crippen LogP) is 3.13. The van der Waals surface area contributed by atoms with Gasteiger partial charge in [-0.3, -0.25) is 19.1 Å². The highest BCUT2D eigenvalue weighted by atomic mass is 35.5. The molecule has 0 radical (unpaired) electrons. The summed E-state index contributed by atoms with van der Waals surface area (Å²) in [4.78, 5) is 44.6. The number of H-pyrrole nitrogens is 1. The number of carbonyl (C=O) groups excluding carboxylic acids is 1. The van der Waals surface area contributed by atoms with E-state index in [2.05, 4.69) is 9.97 Å². The Morgan fingerprint density at radius 2 is 1.90 bits per heavy atom. The highest BCUT2D eigenvalue weighted by molar-refractivity contribution is 6.30. The molecule has 0 spiro atoms. The molecule has 31 heavy (non-hydrogen) atoms. The largest absolute Gasteiger partial charge is 0.457 e. The summed E-state index contributed by atoms with van der Waals surface area (Å²) in [6, 6.07) is 7.23. The molecule has 3 aromatic rings. The van der Waals surface area contributed by atoms with Gasteiger partial charge in [0.1, 0.15) is 12.4 Å². The number of aromatic nitrogens is 4. The number of aryl methyl sites for hydroxylation is 2. The van der Waals surface area contributed by atoms with Gasteiger partial charge in [-0.1, -0.05) is 37.1 Å². The quantitative estimate of drug-likeness (QED) is 0.538. The van der Waals surface area contributed by atoms with Gasteiger partial charge >= 0.3 is 11.7 Å². The van der Waals surface area contributed by atoms with Crippen molar-refractivity contribution in [1.29, 1.82) is 0 Å². The third-order valence-corrected chi connectivity index (χ3v) is 6.14. The topological polar surface area (TPSA) is 99.0 Å². The van der Waals surface area contributed by atoms with Gasteiger partial charge in [0.05, 0.1) is 5.41 Å². The van der Waals surface area contributed by atoms with Crippen LogP contribution in [0.1, 0.15) is 50.9 Å². The molecule has 0 aliphatic heterocycles. The molecule has 0 amide bonds. The van der Waals surface area contributed by atoms with E-state index in [1.807, 2.05) is 26.0 Å². The molecule has 1 aromatic carbocycles. The van der Waals surface area contributed by atoms with Crippen LogP contribution in [0, 0.1) is 0 Å². The van der Waals surface area contributed by atoms with Crippen LogP contribution in [0.3, 0.4) is 0 Å². The number of halogens is 1. The fraction of sp³-hybridized carbons (Fsp3) is 0.455. The first-order valence-electron chi connectivity index (χ1n) is 10.6. The van der Waals surface area contributed by atoms with Crippen molar-refractivity contribution in [2.24, 2.45) is 0 Å². The molecule has 2 heterocycles. The predicted molar refractivity (Wildman–Crippen MR) is 117 cm³/mol. The molecule has 1 N–H and O–H groups in total. The molecule has 0 bridgehead atoms. The van der Waals surface area contributed by atoms with Crippen LogP contribution in [0.2, 0.25) is 5.02 Å². The summed E-state index contributed by atoms with van der Waals surface area (Å²) in [6.45, 7) is 4.75. The Balaban J connectivity index is 1.63. The molecule has 9 heteroatoms. The minimum absolute atomic E-state index is 0.0713. The van der Waals surface area contributed by atoms with Gasteiger partial charge in [0.15, 0.2) is 11.2 Å². The summed E-state index contributed by atoms with van der Waals surface area (Å²) in [6.07, 6.45) is 3.12. The van der Waals surface area contributed by atoms with Crippen molar-refractivity contribution in [2.75, 3.05) is 0 Å². The van der Waals surface area contributed by atoms with Crippen LogP contribution in [0.4, 0.5) is 0 Å². The lowest BCUT2D eigenvalue weighted by atomic mass is 9.96. The fourth-order valence-electron chi connectivity index (χ4n) is 3.96. The maximum atomic E-state index is 12.9. The molecule has 0 unspecified atom stereocenters. The summed E-state index contributed by atoms with van der Waals surface area (Å²) in [7, 11) is 0. The van der Waals surface area contributed by atoms with Crippen LogP contribution in [0.25, 0.3) is 11.2 Å². The standard InChI is InChI=1S/C22H25ClN4O4/c1-3-5-12-27-18-17(19(28)25-21(27)30)26(4-2)16(24-18)13-31-20(29)22(10-11-22)14-6-8-15(23)9-7-14/h6-9H,3-5,10-13H2,1-2H3,(H,25,28,30). The molecule has 8 nitrogen and oxygen atoms in total. The normalized spacial score (nSPS) is 14.7. The molecule has 0 saturated heterocycles. The lowest BCUT2D eigenvalue weighted by Gasteiger charge is -2.15. The summed E-state index contributed by atoms with van der Waals surface area (Å²) in [5.41, 5.74) is -0.0730. The summed E-state index contributed by atoms with van der Waals surface area (Å²) < 4.78 is 8.83. The van der Waals surface area contributed by atoms with Gasteiger partial charge in [0.2, 0.25) is 0 Å². The molecular formula is C22H25ClN4O4. The molecule has 4 rings (SSSR count). The van der Waals surface area contributed by atoms with Gasteiger partial charge in [0.25, 0.3) is 5.56 Å². The third-order valence-electron chi connectivity index (χ3n) is 5.89. The lowest BCUT2D eigenvalue weighted by Crippen LogP contribution is -2.31. The van der Waals surface area contributed by atoms with Gasteiger partial charge in [-0.2, -0.15) is 0 Å². The van der Waals surface area contributed by atoms with Crippen molar-refractivity contribution in [3.8, 4) is 0 Å². The number of hydrogen-bond donors (Lipinski definition) is 1. The van der Waals surface area contributed by atoms with Crippen molar-refractivity contribution < 1.29 is 9.53 Å². The molecule has 1 aliphatic rings. The van der Waals surface area contributed by atoms with Crippen molar-refractivity contribution >= 4 is 28.7 Å². The number of aromatic amines is 1. The number of esters is 1. The average Bonchev–Trinajstić information content (AvgIpc) is 3.47. The zero-order valence-electron chi connectivity index (χ0n) is 17.6. The van der Waals surface area contributed by atoms with E-state index in [0.717, 1.165) is 18.4 Å². The summed E-state index contributed by atoms with van der Waals surface area (Å²) >= 11 is 5.96. The smallest absolute Gasteiger partial charge is 0.330 e. The van der Waals surface area contributed by atoms with Crippen LogP contribution in [0.5, 0.6) is 0 Å². The number of nitrogens with one attached hydrogen (secondary N) is 1. The van der Waals surface area contributed by atoms with Gasteiger partial charge in [0, 0.05) is 18.1 Å². The van der Waals surface area contributed by atoms with Gasteiger partial charge in [-0.25, -0.2) is 9.78 Å². The Morgan fingerprint density at radius 1 is 1.19 bits per heavy atom. The number of unbranched alkanes of at least 4 members (excludes halogenated alkanes) is 1. The average molecular weight is 445 g/mol. The molecular weight excluding hydrogens is 420 g/mol. The van der Waals surface area contributed by atoms with E-state index in [4.69, 9.17) is 16.3 Å². The third kappa shape index (κ3) is 3.80. The van der Waals surface area contributed by atoms with Crippen molar-refractivity contribution in [1.82, 2.24) is 19.1 Å². The van der Waals surface area contributed by atoms with E-state index in [9.17, 15) is 14.4 Å². The minimum Gasteiger partial charge on any atom is -0.457 e. The molecule has 0 atom stereocenters. The molecule has 1 saturated carbocycles. The number of rotatable bonds is 8. The van der Waals surface area contributed by atoms with Crippen LogP contribution >= 0.6 is 11.6 Å². The van der Waals surface area contributed by atoms with Crippen molar-refractivity contribution in [2.45, 2.75) is 64.6 Å². The molecule has 2 aromatic heterocycles. The second-order valence-corrected chi connectivity index (χ2v) is 8.31. The van der Waals surface area contributed by atoms with Gasteiger partial charge < -0.3 is 9.30 Å². The summed E-state index contributed by atoms with van der Waals surface area (Å²) in [5, 5.41) is 0.615. The summed E-state index contributed by atoms with van der Waals surface area (Å²) in [5.74, 6) is 0.126. The van der Waals surface area contributed by atoms with Gasteiger partial charge in [-0.05, 0) is 43.9 Å². The number of nitrogens with zero attached hydrogens (tertiary/aromatic N) is 3. The van der Waals surface area contributed by atoms with E-state index in [-0.39, 0.29) is 12.6 Å². The number of benzene rings is 1. The van der Waals surface area contributed by atoms with Gasteiger partial charge in [-0.15, -0.1) is 0 Å². The Bertz CT molecular complexity index is 1240. The zero-order chi connectivity index (χ0) is 22.2. The highest BCUT2D eigenvalue weighted by Gasteiger charge is 2.52. The van der Waals surface area contributed by atoms with Crippen LogP contribution in [0.15, 0.2) is 33.9 Å². The van der Waals surface area contributed by atoms with Crippen molar-refractivity contribution in [3.63, 3.8) is 0 Å². The fourth-order valence-corrected chi connectivity index (χ4v) is 4.09. The van der Waals surface area contributed by atoms with Crippen LogP contribution < -0.4 is 11.2 Å². The number of fused-ring (bicyclic) bond motifs is 1. The van der Waals surface area contributed by atoms with Crippen LogP contribution in [-0.2, 0) is 34.6 Å². The monoisotopic (exact) mass is 444 g/mol. The molecule has 1 fully saturated rings. The van der Waals surface area contributed by atoms with Crippen molar-refractivity contribution in [3.05, 3.63) is 61.5 Å². The maximum Gasteiger partial charge on any atom is 0.330 e. The number of carbonyl (C=O) groups is 1. The molecule has 1 aliphatic carbocycles. The first-order valence-corrected chi connectivity index (χ1v) is 10.9. The SMILES string of the molecule is CCCCn1c(=O)[nH]c(=O)c2c1nc(COC(=O)C1(c3ccc(Cl)cc3)CC1)n2CC. The second-order valence-electron chi connectivity index (χ2n) is 7.87.